The number of ether oxygens (including phenoxy) is 1. The van der Waals surface area contributed by atoms with Gasteiger partial charge in [0, 0.05) is 51.2 Å². The summed E-state index contributed by atoms with van der Waals surface area (Å²) in [5.41, 5.74) is 9.74. The monoisotopic (exact) mass is 515 g/mol. The molecule has 1 fully saturated rings. The Morgan fingerprint density at radius 2 is 1.97 bits per heavy atom. The van der Waals surface area contributed by atoms with E-state index >= 15 is 0 Å². The zero-order valence-corrected chi connectivity index (χ0v) is 22.2. The Hall–Kier alpha value is -3.75. The van der Waals surface area contributed by atoms with Gasteiger partial charge in [0.05, 0.1) is 12.7 Å². The van der Waals surface area contributed by atoms with E-state index in [4.69, 9.17) is 10.5 Å². The molecule has 0 aliphatic carbocycles. The average molecular weight is 516 g/mol. The molecule has 1 saturated heterocycles. The van der Waals surface area contributed by atoms with E-state index in [0.29, 0.717) is 38.2 Å². The summed E-state index contributed by atoms with van der Waals surface area (Å²) in [5.74, 6) is 0.464. The number of rotatable bonds is 10. The first-order valence-corrected chi connectivity index (χ1v) is 13.1. The number of nitrogens with two attached hydrogens (primary N) is 1. The van der Waals surface area contributed by atoms with Crippen LogP contribution in [0.15, 0.2) is 73.1 Å². The molecule has 2 heterocycles. The summed E-state index contributed by atoms with van der Waals surface area (Å²) in [5, 5.41) is 2.91. The predicted octanol–water partition coefficient (Wildman–Crippen LogP) is 3.15. The first kappa shape index (κ1) is 27.3. The molecular weight excluding hydrogens is 478 g/mol. The van der Waals surface area contributed by atoms with Crippen molar-refractivity contribution in [3.05, 3.63) is 95.3 Å². The lowest BCUT2D eigenvalue weighted by molar-refractivity contribution is -0.127. The highest BCUT2D eigenvalue weighted by Gasteiger charge is 2.38. The van der Waals surface area contributed by atoms with Gasteiger partial charge in [0.25, 0.3) is 5.91 Å². The molecule has 8 heteroatoms. The molecule has 3 aromatic rings. The minimum atomic E-state index is -0.599. The quantitative estimate of drug-likeness (QED) is 0.430. The normalized spacial score (nSPS) is 17.3. The van der Waals surface area contributed by atoms with E-state index in [9.17, 15) is 9.59 Å². The van der Waals surface area contributed by atoms with E-state index in [-0.39, 0.29) is 17.9 Å². The predicted molar refractivity (Wildman–Crippen MR) is 148 cm³/mol. The molecule has 2 atom stereocenters. The number of carbonyl (C=O) groups excluding carboxylic acids is 2. The van der Waals surface area contributed by atoms with Gasteiger partial charge in [-0.3, -0.25) is 19.5 Å². The fourth-order valence-corrected chi connectivity index (χ4v) is 5.06. The first-order valence-electron chi connectivity index (χ1n) is 13.1. The van der Waals surface area contributed by atoms with Crippen LogP contribution >= 0.6 is 0 Å². The Morgan fingerprint density at radius 1 is 1.13 bits per heavy atom. The van der Waals surface area contributed by atoms with Crippen LogP contribution in [0.5, 0.6) is 5.75 Å². The van der Waals surface area contributed by atoms with Crippen LogP contribution in [0.1, 0.15) is 39.9 Å². The zero-order valence-electron chi connectivity index (χ0n) is 22.2. The van der Waals surface area contributed by atoms with Gasteiger partial charge in [0.2, 0.25) is 5.91 Å². The van der Waals surface area contributed by atoms with Gasteiger partial charge in [0.15, 0.2) is 0 Å². The van der Waals surface area contributed by atoms with Crippen LogP contribution in [0.3, 0.4) is 0 Å². The van der Waals surface area contributed by atoms with E-state index < -0.39 is 6.04 Å². The van der Waals surface area contributed by atoms with Crippen molar-refractivity contribution in [1.29, 1.82) is 0 Å². The standard InChI is InChI=1S/C30H37N5O3/c1-22-7-3-4-9-25(22)21-34(20-23-8-5-11-27(17-23)38-2)26-12-16-35(28(18-26)29(36)33-15-13-31)30(37)24-10-6-14-32-19-24/h3-11,14,17,19,26,28H,12-13,15-16,18,20-21,31H2,1-2H3,(H,33,36)/t26?,28-/m1/s1. The Kier molecular flexibility index (Phi) is 9.46. The van der Waals surface area contributed by atoms with Gasteiger partial charge in [-0.2, -0.15) is 0 Å². The van der Waals surface area contributed by atoms with Crippen LogP contribution in [-0.4, -0.2) is 65.4 Å². The fourth-order valence-electron chi connectivity index (χ4n) is 5.06. The molecule has 0 bridgehead atoms. The highest BCUT2D eigenvalue weighted by atomic mass is 16.5. The van der Waals surface area contributed by atoms with Crippen LogP contribution in [0.4, 0.5) is 0 Å². The number of likely N-dealkylation sites (tertiary alicyclic amines) is 1. The summed E-state index contributed by atoms with van der Waals surface area (Å²) in [6.45, 7) is 4.74. The van der Waals surface area contributed by atoms with Gasteiger partial charge < -0.3 is 20.7 Å². The number of carbonyl (C=O) groups is 2. The molecule has 8 nitrogen and oxygen atoms in total. The lowest BCUT2D eigenvalue weighted by Gasteiger charge is -2.43. The lowest BCUT2D eigenvalue weighted by Crippen LogP contribution is -2.57. The summed E-state index contributed by atoms with van der Waals surface area (Å²) in [4.78, 5) is 34.9. The Balaban J connectivity index is 1.62. The molecule has 200 valence electrons. The van der Waals surface area contributed by atoms with Crippen LogP contribution in [0.25, 0.3) is 0 Å². The van der Waals surface area contributed by atoms with Gasteiger partial charge in [-0.25, -0.2) is 0 Å². The van der Waals surface area contributed by atoms with Crippen molar-refractivity contribution in [1.82, 2.24) is 20.1 Å². The maximum Gasteiger partial charge on any atom is 0.256 e. The van der Waals surface area contributed by atoms with Gasteiger partial charge in [-0.1, -0.05) is 36.4 Å². The van der Waals surface area contributed by atoms with Gasteiger partial charge >= 0.3 is 0 Å². The van der Waals surface area contributed by atoms with Crippen molar-refractivity contribution in [3.8, 4) is 5.75 Å². The minimum Gasteiger partial charge on any atom is -0.497 e. The third-order valence-electron chi connectivity index (χ3n) is 7.16. The number of pyridine rings is 1. The number of hydrogen-bond acceptors (Lipinski definition) is 6. The minimum absolute atomic E-state index is 0.0902. The molecule has 1 aliphatic heterocycles. The largest absolute Gasteiger partial charge is 0.497 e. The van der Waals surface area contributed by atoms with E-state index in [1.807, 2.05) is 18.2 Å². The molecule has 0 saturated carbocycles. The number of nitrogens with one attached hydrogen (secondary N) is 1. The number of piperidine rings is 1. The third-order valence-corrected chi connectivity index (χ3v) is 7.16. The third kappa shape index (κ3) is 6.76. The molecular formula is C30H37N5O3. The highest BCUT2D eigenvalue weighted by Crippen LogP contribution is 2.28. The number of aromatic nitrogens is 1. The fraction of sp³-hybridized carbons (Fsp3) is 0.367. The molecule has 0 spiro atoms. The van der Waals surface area contributed by atoms with Crippen molar-refractivity contribution < 1.29 is 14.3 Å². The van der Waals surface area contributed by atoms with Crippen LogP contribution in [0, 0.1) is 6.92 Å². The second kappa shape index (κ2) is 13.2. The smallest absolute Gasteiger partial charge is 0.256 e. The summed E-state index contributed by atoms with van der Waals surface area (Å²) in [6.07, 6.45) is 4.47. The topological polar surface area (TPSA) is 101 Å². The lowest BCUT2D eigenvalue weighted by atomic mass is 9.93. The van der Waals surface area contributed by atoms with Crippen LogP contribution in [-0.2, 0) is 17.9 Å². The first-order chi connectivity index (χ1) is 18.5. The van der Waals surface area contributed by atoms with Crippen molar-refractivity contribution in [2.45, 2.75) is 44.9 Å². The van der Waals surface area contributed by atoms with Crippen molar-refractivity contribution >= 4 is 11.8 Å². The molecule has 38 heavy (non-hydrogen) atoms. The maximum atomic E-state index is 13.4. The molecule has 1 unspecified atom stereocenters. The second-order valence-electron chi connectivity index (χ2n) is 9.70. The molecule has 3 N–H and O–H groups in total. The molecule has 1 aromatic heterocycles. The molecule has 2 aromatic carbocycles. The number of aryl methyl sites for hydroxylation is 1. The zero-order chi connectivity index (χ0) is 26.9. The summed E-state index contributed by atoms with van der Waals surface area (Å²) in [7, 11) is 1.67. The molecule has 2 amide bonds. The van der Waals surface area contributed by atoms with Gasteiger partial charge in [0.1, 0.15) is 11.8 Å². The number of amides is 2. The summed E-state index contributed by atoms with van der Waals surface area (Å²) >= 11 is 0. The number of hydrogen-bond donors (Lipinski definition) is 2. The average Bonchev–Trinajstić information content (AvgIpc) is 2.96. The van der Waals surface area contributed by atoms with E-state index in [1.54, 1.807) is 36.5 Å². The maximum absolute atomic E-state index is 13.4. The van der Waals surface area contributed by atoms with E-state index in [1.165, 1.54) is 11.1 Å². The number of nitrogens with zero attached hydrogens (tertiary/aromatic N) is 3. The van der Waals surface area contributed by atoms with Crippen molar-refractivity contribution in [2.75, 3.05) is 26.7 Å². The van der Waals surface area contributed by atoms with E-state index in [2.05, 4.69) is 52.5 Å². The molecule has 4 rings (SSSR count). The molecule has 1 aliphatic rings. The second-order valence-corrected chi connectivity index (χ2v) is 9.70. The summed E-state index contributed by atoms with van der Waals surface area (Å²) < 4.78 is 5.46. The Morgan fingerprint density at radius 3 is 2.71 bits per heavy atom. The van der Waals surface area contributed by atoms with Gasteiger partial charge in [-0.05, 0) is 60.7 Å². The van der Waals surface area contributed by atoms with E-state index in [0.717, 1.165) is 24.3 Å². The number of methoxy groups -OCH3 is 1. The van der Waals surface area contributed by atoms with Crippen LogP contribution in [0.2, 0.25) is 0 Å². The SMILES string of the molecule is COc1cccc(CN(Cc2ccccc2C)C2CCN(C(=O)c3cccnc3)[C@@H](C(=O)NCCN)C2)c1. The Bertz CT molecular complexity index is 1220. The number of benzene rings is 2. The van der Waals surface area contributed by atoms with Crippen LogP contribution < -0.4 is 15.8 Å². The van der Waals surface area contributed by atoms with Crippen molar-refractivity contribution in [3.63, 3.8) is 0 Å². The van der Waals surface area contributed by atoms with Crippen molar-refractivity contribution in [2.24, 2.45) is 5.73 Å². The molecule has 0 radical (unpaired) electrons. The summed E-state index contributed by atoms with van der Waals surface area (Å²) in [6, 6.07) is 19.4. The Labute approximate surface area is 224 Å². The highest BCUT2D eigenvalue weighted by molar-refractivity contribution is 5.97. The van der Waals surface area contributed by atoms with Gasteiger partial charge in [-0.15, -0.1) is 0 Å².